The van der Waals surface area contributed by atoms with Gasteiger partial charge in [0.25, 0.3) is 0 Å². The fraction of sp³-hybridized carbons (Fsp3) is 0.900. The van der Waals surface area contributed by atoms with Crippen molar-refractivity contribution in [3.8, 4) is 0 Å². The number of carbonyl (C=O) groups excluding carboxylic acids is 1. The zero-order valence-electron chi connectivity index (χ0n) is 10.5. The van der Waals surface area contributed by atoms with Crippen LogP contribution in [-0.2, 0) is 9.53 Å². The average molecular weight is 334 g/mol. The Hall–Kier alpha value is -1.16. The molecule has 0 N–H and O–H groups in total. The van der Waals surface area contributed by atoms with Gasteiger partial charge in [0.05, 0.1) is 13.0 Å². The normalized spacial score (nSPS) is 14.2. The maximum Gasteiger partial charge on any atom is 0.460 e. The van der Waals surface area contributed by atoms with Gasteiger partial charge in [-0.2, -0.15) is 39.5 Å². The van der Waals surface area contributed by atoms with E-state index >= 15 is 0 Å². The summed E-state index contributed by atoms with van der Waals surface area (Å²) in [5.74, 6) is -20.8. The van der Waals surface area contributed by atoms with Crippen molar-refractivity contribution in [2.45, 2.75) is 50.1 Å². The Bertz CT molecular complexity index is 362. The van der Waals surface area contributed by atoms with Gasteiger partial charge in [-0.05, 0) is 6.42 Å². The largest absolute Gasteiger partial charge is 0.466 e. The maximum absolute atomic E-state index is 13.0. The van der Waals surface area contributed by atoms with Crippen LogP contribution in [-0.4, -0.2) is 36.5 Å². The summed E-state index contributed by atoms with van der Waals surface area (Å²) in [5.41, 5.74) is 0. The monoisotopic (exact) mass is 334 g/mol. The molecule has 0 radical (unpaired) electrons. The second-order valence-electron chi connectivity index (χ2n) is 4.07. The van der Waals surface area contributed by atoms with Crippen LogP contribution < -0.4 is 0 Å². The lowest BCUT2D eigenvalue weighted by Gasteiger charge is -2.33. The average Bonchev–Trinajstić information content (AvgIpc) is 2.32. The summed E-state index contributed by atoms with van der Waals surface area (Å²) in [5, 5.41) is 0. The van der Waals surface area contributed by atoms with Crippen LogP contribution in [0, 0.1) is 0 Å². The molecule has 11 heteroatoms. The van der Waals surface area contributed by atoms with Crippen molar-refractivity contribution < 1.29 is 49.0 Å². The fourth-order valence-electron chi connectivity index (χ4n) is 1.11. The zero-order chi connectivity index (χ0) is 17.1. The van der Waals surface area contributed by atoms with Crippen molar-refractivity contribution in [2.24, 2.45) is 0 Å². The van der Waals surface area contributed by atoms with Crippen LogP contribution in [0.15, 0.2) is 0 Å². The number of ether oxygens (including phenoxy) is 1. The molecule has 21 heavy (non-hydrogen) atoms. The predicted octanol–water partition coefficient (Wildman–Crippen LogP) is 4.19. The van der Waals surface area contributed by atoms with E-state index in [0.717, 1.165) is 0 Å². The summed E-state index contributed by atoms with van der Waals surface area (Å²) in [6.07, 6.45) is -10.2. The van der Waals surface area contributed by atoms with E-state index in [1.807, 2.05) is 0 Å². The number of rotatable bonds is 7. The molecule has 0 aromatic heterocycles. The van der Waals surface area contributed by atoms with E-state index < -0.39 is 42.8 Å². The molecule has 0 aromatic rings. The first-order chi connectivity index (χ1) is 9.20. The molecule has 0 atom stereocenters. The number of halogens is 9. The SMILES string of the molecule is CCCOC(=O)CCC(F)(F)C(F)(F)C(F)(F)C(F)(F)F. The smallest absolute Gasteiger partial charge is 0.460 e. The highest BCUT2D eigenvalue weighted by molar-refractivity contribution is 5.69. The molecule has 0 saturated heterocycles. The summed E-state index contributed by atoms with van der Waals surface area (Å²) < 4.78 is 116. The van der Waals surface area contributed by atoms with Gasteiger partial charge in [0.2, 0.25) is 0 Å². The van der Waals surface area contributed by atoms with Crippen LogP contribution in [0.4, 0.5) is 39.5 Å². The third-order valence-electron chi connectivity index (χ3n) is 2.32. The molecule has 0 unspecified atom stereocenters. The molecule has 0 bridgehead atoms. The molecule has 0 saturated carbocycles. The third kappa shape index (κ3) is 4.16. The molecule has 0 rings (SSSR count). The number of esters is 1. The number of carbonyl (C=O) groups is 1. The first kappa shape index (κ1) is 19.8. The highest BCUT2D eigenvalue weighted by atomic mass is 19.4. The van der Waals surface area contributed by atoms with Gasteiger partial charge < -0.3 is 4.74 Å². The van der Waals surface area contributed by atoms with Crippen molar-refractivity contribution in [3.63, 3.8) is 0 Å². The van der Waals surface area contributed by atoms with Gasteiger partial charge >= 0.3 is 29.9 Å². The Morgan fingerprint density at radius 2 is 1.38 bits per heavy atom. The van der Waals surface area contributed by atoms with Crippen LogP contribution in [0.1, 0.15) is 26.2 Å². The van der Waals surface area contributed by atoms with E-state index in [2.05, 4.69) is 4.74 Å². The summed E-state index contributed by atoms with van der Waals surface area (Å²) in [6.45, 7) is 1.30. The minimum absolute atomic E-state index is 0.223. The molecular formula is C10H11F9O2. The topological polar surface area (TPSA) is 26.3 Å². The second kappa shape index (κ2) is 6.30. The zero-order valence-corrected chi connectivity index (χ0v) is 10.5. The Morgan fingerprint density at radius 1 is 0.905 bits per heavy atom. The Kier molecular flexibility index (Phi) is 5.96. The Morgan fingerprint density at radius 3 is 1.76 bits per heavy atom. The van der Waals surface area contributed by atoms with Gasteiger partial charge in [-0.3, -0.25) is 4.79 Å². The van der Waals surface area contributed by atoms with Gasteiger partial charge in [-0.15, -0.1) is 0 Å². The second-order valence-corrected chi connectivity index (χ2v) is 4.07. The van der Waals surface area contributed by atoms with Gasteiger partial charge in [0.15, 0.2) is 0 Å². The van der Waals surface area contributed by atoms with Crippen molar-refractivity contribution in [3.05, 3.63) is 0 Å². The van der Waals surface area contributed by atoms with E-state index in [4.69, 9.17) is 0 Å². The molecule has 0 heterocycles. The van der Waals surface area contributed by atoms with Gasteiger partial charge in [0.1, 0.15) is 0 Å². The molecule has 0 aliphatic carbocycles. The first-order valence-corrected chi connectivity index (χ1v) is 5.56. The molecule has 0 aliphatic heterocycles. The lowest BCUT2D eigenvalue weighted by molar-refractivity contribution is -0.396. The number of hydrogen-bond donors (Lipinski definition) is 0. The van der Waals surface area contributed by atoms with Gasteiger partial charge in [-0.1, -0.05) is 6.92 Å². The van der Waals surface area contributed by atoms with Crippen molar-refractivity contribution in [1.29, 1.82) is 0 Å². The van der Waals surface area contributed by atoms with E-state index in [1.54, 1.807) is 0 Å². The van der Waals surface area contributed by atoms with Crippen molar-refractivity contribution in [2.75, 3.05) is 6.61 Å². The molecule has 0 amide bonds. The van der Waals surface area contributed by atoms with Crippen LogP contribution in [0.2, 0.25) is 0 Å². The predicted molar refractivity (Wildman–Crippen MR) is 51.4 cm³/mol. The highest BCUT2D eigenvalue weighted by Gasteiger charge is 2.81. The quantitative estimate of drug-likeness (QED) is 0.516. The molecule has 126 valence electrons. The van der Waals surface area contributed by atoms with Crippen LogP contribution in [0.3, 0.4) is 0 Å². The van der Waals surface area contributed by atoms with E-state index in [-0.39, 0.29) is 13.0 Å². The van der Waals surface area contributed by atoms with E-state index in [1.165, 1.54) is 6.92 Å². The molecule has 0 aliphatic rings. The van der Waals surface area contributed by atoms with E-state index in [9.17, 15) is 44.3 Å². The molecule has 2 nitrogen and oxygen atoms in total. The molecule has 0 fully saturated rings. The van der Waals surface area contributed by atoms with Crippen LogP contribution in [0.5, 0.6) is 0 Å². The van der Waals surface area contributed by atoms with Crippen LogP contribution in [0.25, 0.3) is 0 Å². The lowest BCUT2D eigenvalue weighted by Crippen LogP contribution is -2.60. The third-order valence-corrected chi connectivity index (χ3v) is 2.32. The Balaban J connectivity index is 5.00. The number of hydrogen-bond acceptors (Lipinski definition) is 2. The lowest BCUT2D eigenvalue weighted by atomic mass is 10.00. The van der Waals surface area contributed by atoms with E-state index in [0.29, 0.717) is 0 Å². The van der Waals surface area contributed by atoms with Gasteiger partial charge in [0, 0.05) is 6.42 Å². The summed E-state index contributed by atoms with van der Waals surface area (Å²) in [7, 11) is 0. The minimum atomic E-state index is -6.93. The first-order valence-electron chi connectivity index (χ1n) is 5.56. The summed E-state index contributed by atoms with van der Waals surface area (Å²) in [4.78, 5) is 10.8. The Labute approximate surface area is 113 Å². The highest BCUT2D eigenvalue weighted by Crippen LogP contribution is 2.54. The molecule has 0 spiro atoms. The minimum Gasteiger partial charge on any atom is -0.466 e. The summed E-state index contributed by atoms with van der Waals surface area (Å²) >= 11 is 0. The van der Waals surface area contributed by atoms with Crippen molar-refractivity contribution >= 4 is 5.97 Å². The molecule has 0 aromatic carbocycles. The van der Waals surface area contributed by atoms with Crippen LogP contribution >= 0.6 is 0 Å². The van der Waals surface area contributed by atoms with Crippen molar-refractivity contribution in [1.82, 2.24) is 0 Å². The maximum atomic E-state index is 13.0. The molecular weight excluding hydrogens is 323 g/mol. The van der Waals surface area contributed by atoms with Gasteiger partial charge in [-0.25, -0.2) is 0 Å². The number of alkyl halides is 9. The fourth-order valence-corrected chi connectivity index (χ4v) is 1.11. The standard InChI is InChI=1S/C10H11F9O2/c1-2-5-21-6(20)3-4-7(11,12)8(13,14)9(15,16)10(17,18)19/h2-5H2,1H3. The summed E-state index contributed by atoms with van der Waals surface area (Å²) in [6, 6.07) is 0.